The molecule has 0 radical (unpaired) electrons. The van der Waals surface area contributed by atoms with E-state index < -0.39 is 0 Å². The van der Waals surface area contributed by atoms with Crippen molar-refractivity contribution in [2.45, 2.75) is 45.2 Å². The van der Waals surface area contributed by atoms with Crippen LogP contribution in [-0.4, -0.2) is 28.3 Å². The van der Waals surface area contributed by atoms with Gasteiger partial charge in [-0.25, -0.2) is 9.67 Å². The van der Waals surface area contributed by atoms with Crippen LogP contribution in [0.3, 0.4) is 0 Å². The van der Waals surface area contributed by atoms with Crippen LogP contribution in [0, 0.1) is 0 Å². The van der Waals surface area contributed by atoms with Crippen molar-refractivity contribution in [3.63, 3.8) is 0 Å². The number of halogens is 1. The maximum Gasteiger partial charge on any atom is 0.191 e. The lowest BCUT2D eigenvalue weighted by atomic mass is 10.2. The van der Waals surface area contributed by atoms with E-state index in [9.17, 15) is 0 Å². The van der Waals surface area contributed by atoms with Gasteiger partial charge in [0.05, 0.1) is 18.4 Å². The number of hydrogen-bond donors (Lipinski definition) is 2. The fraction of sp³-hybridized carbons (Fsp3) is 0.444. The van der Waals surface area contributed by atoms with Gasteiger partial charge in [-0.3, -0.25) is 0 Å². The molecule has 0 unspecified atom stereocenters. The Morgan fingerprint density at radius 3 is 2.71 bits per heavy atom. The Morgan fingerprint density at radius 1 is 1.25 bits per heavy atom. The third-order valence-corrected chi connectivity index (χ3v) is 4.12. The first-order chi connectivity index (χ1) is 11.3. The standard InChI is InChI=1S/C18H25N5.HI/c1-2-19-18(22-16-8-6-7-9-16)20-12-15-13-21-23(14-15)17-10-4-3-5-11-17;/h3-5,10-11,13-14,16H,2,6-9,12H2,1H3,(H2,19,20,22);1H. The van der Waals surface area contributed by atoms with E-state index in [1.807, 2.05) is 47.4 Å². The van der Waals surface area contributed by atoms with E-state index in [0.29, 0.717) is 12.6 Å². The van der Waals surface area contributed by atoms with Gasteiger partial charge >= 0.3 is 0 Å². The van der Waals surface area contributed by atoms with Crippen molar-refractivity contribution >= 4 is 29.9 Å². The third-order valence-electron chi connectivity index (χ3n) is 4.12. The van der Waals surface area contributed by atoms with Crippen molar-refractivity contribution in [2.24, 2.45) is 4.99 Å². The van der Waals surface area contributed by atoms with Crippen molar-refractivity contribution < 1.29 is 0 Å². The molecule has 1 aromatic carbocycles. The van der Waals surface area contributed by atoms with Gasteiger partial charge in [-0.1, -0.05) is 31.0 Å². The molecular formula is C18H26IN5. The second kappa shape index (κ2) is 9.66. The largest absolute Gasteiger partial charge is 0.357 e. The molecule has 0 aliphatic heterocycles. The highest BCUT2D eigenvalue weighted by Gasteiger charge is 2.15. The molecule has 2 N–H and O–H groups in total. The van der Waals surface area contributed by atoms with Crippen molar-refractivity contribution in [3.8, 4) is 5.69 Å². The number of aromatic nitrogens is 2. The predicted molar refractivity (Wildman–Crippen MR) is 109 cm³/mol. The zero-order chi connectivity index (χ0) is 15.9. The molecule has 1 aliphatic rings. The number of nitrogens with zero attached hydrogens (tertiary/aromatic N) is 3. The van der Waals surface area contributed by atoms with Crippen LogP contribution in [0.5, 0.6) is 0 Å². The minimum absolute atomic E-state index is 0. The highest BCUT2D eigenvalue weighted by Crippen LogP contribution is 2.17. The molecule has 0 atom stereocenters. The molecule has 3 rings (SSSR count). The minimum Gasteiger partial charge on any atom is -0.357 e. The topological polar surface area (TPSA) is 54.2 Å². The molecule has 1 aliphatic carbocycles. The molecule has 1 saturated carbocycles. The number of hydrogen-bond acceptors (Lipinski definition) is 2. The van der Waals surface area contributed by atoms with E-state index in [0.717, 1.165) is 23.8 Å². The second-order valence-electron chi connectivity index (χ2n) is 5.95. The Kier molecular flexibility index (Phi) is 7.55. The predicted octanol–water partition coefficient (Wildman–Crippen LogP) is 3.49. The summed E-state index contributed by atoms with van der Waals surface area (Å²) in [6.07, 6.45) is 9.06. The third kappa shape index (κ3) is 5.22. The molecule has 5 nitrogen and oxygen atoms in total. The first-order valence-electron chi connectivity index (χ1n) is 8.49. The van der Waals surface area contributed by atoms with Gasteiger partial charge in [0.25, 0.3) is 0 Å². The van der Waals surface area contributed by atoms with Gasteiger partial charge in [0.2, 0.25) is 0 Å². The molecule has 2 aromatic rings. The van der Waals surface area contributed by atoms with Crippen molar-refractivity contribution in [2.75, 3.05) is 6.54 Å². The maximum atomic E-state index is 4.70. The molecule has 0 bridgehead atoms. The zero-order valence-electron chi connectivity index (χ0n) is 14.1. The van der Waals surface area contributed by atoms with Crippen LogP contribution in [0.4, 0.5) is 0 Å². The van der Waals surface area contributed by atoms with Crippen molar-refractivity contribution in [1.82, 2.24) is 20.4 Å². The van der Waals surface area contributed by atoms with Crippen LogP contribution in [0.25, 0.3) is 5.69 Å². The van der Waals surface area contributed by atoms with E-state index in [-0.39, 0.29) is 24.0 Å². The fourth-order valence-corrected chi connectivity index (χ4v) is 2.92. The van der Waals surface area contributed by atoms with Crippen molar-refractivity contribution in [1.29, 1.82) is 0 Å². The summed E-state index contributed by atoms with van der Waals surface area (Å²) >= 11 is 0. The maximum absolute atomic E-state index is 4.70. The first-order valence-corrected chi connectivity index (χ1v) is 8.49. The van der Waals surface area contributed by atoms with Gasteiger partial charge in [-0.05, 0) is 31.9 Å². The van der Waals surface area contributed by atoms with E-state index in [2.05, 4.69) is 22.7 Å². The van der Waals surface area contributed by atoms with E-state index in [1.165, 1.54) is 25.7 Å². The SMILES string of the molecule is CCNC(=NCc1cnn(-c2ccccc2)c1)NC1CCCC1.I. The fourth-order valence-electron chi connectivity index (χ4n) is 2.92. The molecule has 6 heteroatoms. The lowest BCUT2D eigenvalue weighted by Crippen LogP contribution is -2.42. The number of nitrogens with one attached hydrogen (secondary N) is 2. The van der Waals surface area contributed by atoms with Gasteiger partial charge in [-0.15, -0.1) is 24.0 Å². The lowest BCUT2D eigenvalue weighted by Gasteiger charge is -2.16. The summed E-state index contributed by atoms with van der Waals surface area (Å²) in [6.45, 7) is 3.61. The average molecular weight is 439 g/mol. The van der Waals surface area contributed by atoms with Gasteiger partial charge in [0.15, 0.2) is 5.96 Å². The summed E-state index contributed by atoms with van der Waals surface area (Å²) in [7, 11) is 0. The summed E-state index contributed by atoms with van der Waals surface area (Å²) in [5.41, 5.74) is 2.18. The summed E-state index contributed by atoms with van der Waals surface area (Å²) in [5, 5.41) is 11.3. The number of rotatable bonds is 5. The molecule has 1 fully saturated rings. The number of guanidine groups is 1. The summed E-state index contributed by atoms with van der Waals surface area (Å²) in [5.74, 6) is 0.909. The van der Waals surface area contributed by atoms with Crippen LogP contribution in [0.15, 0.2) is 47.7 Å². The Hall–Kier alpha value is -1.57. The van der Waals surface area contributed by atoms with E-state index >= 15 is 0 Å². The van der Waals surface area contributed by atoms with Crippen LogP contribution in [0.2, 0.25) is 0 Å². The normalized spacial score (nSPS) is 15.1. The Bertz CT molecular complexity index is 632. The monoisotopic (exact) mass is 439 g/mol. The highest BCUT2D eigenvalue weighted by atomic mass is 127. The molecule has 1 aromatic heterocycles. The Morgan fingerprint density at radius 2 is 2.00 bits per heavy atom. The summed E-state index contributed by atoms with van der Waals surface area (Å²) in [4.78, 5) is 4.70. The van der Waals surface area contributed by atoms with Gasteiger partial charge in [0, 0.05) is 24.3 Å². The Labute approximate surface area is 161 Å². The molecule has 130 valence electrons. The van der Waals surface area contributed by atoms with Gasteiger partial charge in [-0.2, -0.15) is 5.10 Å². The van der Waals surface area contributed by atoms with Crippen LogP contribution < -0.4 is 10.6 Å². The molecule has 1 heterocycles. The molecule has 0 amide bonds. The molecule has 0 spiro atoms. The van der Waals surface area contributed by atoms with Crippen LogP contribution in [0.1, 0.15) is 38.2 Å². The quantitative estimate of drug-likeness (QED) is 0.426. The van der Waals surface area contributed by atoms with E-state index in [4.69, 9.17) is 4.99 Å². The average Bonchev–Trinajstić information content (AvgIpc) is 3.25. The zero-order valence-corrected chi connectivity index (χ0v) is 16.4. The number of para-hydroxylation sites is 1. The minimum atomic E-state index is 0. The number of aliphatic imine (C=N–C) groups is 1. The highest BCUT2D eigenvalue weighted by molar-refractivity contribution is 14.0. The Balaban J connectivity index is 0.00000208. The van der Waals surface area contributed by atoms with E-state index in [1.54, 1.807) is 0 Å². The first kappa shape index (κ1) is 18.8. The molecule has 0 saturated heterocycles. The van der Waals surface area contributed by atoms with Gasteiger partial charge < -0.3 is 10.6 Å². The lowest BCUT2D eigenvalue weighted by molar-refractivity contribution is 0.614. The van der Waals surface area contributed by atoms with Crippen LogP contribution >= 0.6 is 24.0 Å². The summed E-state index contributed by atoms with van der Waals surface area (Å²) in [6, 6.07) is 10.7. The van der Waals surface area contributed by atoms with Crippen LogP contribution in [-0.2, 0) is 6.54 Å². The molecular weight excluding hydrogens is 413 g/mol. The second-order valence-corrected chi connectivity index (χ2v) is 5.95. The smallest absolute Gasteiger partial charge is 0.191 e. The summed E-state index contributed by atoms with van der Waals surface area (Å²) < 4.78 is 1.89. The number of benzene rings is 1. The van der Waals surface area contributed by atoms with Crippen molar-refractivity contribution in [3.05, 3.63) is 48.3 Å². The van der Waals surface area contributed by atoms with Gasteiger partial charge in [0.1, 0.15) is 0 Å². The molecule has 24 heavy (non-hydrogen) atoms.